The van der Waals surface area contributed by atoms with Crippen LogP contribution in [0.3, 0.4) is 0 Å². The van der Waals surface area contributed by atoms with E-state index in [0.717, 1.165) is 5.54 Å². The van der Waals surface area contributed by atoms with Gasteiger partial charge in [-0.2, -0.15) is 0 Å². The molecule has 0 aliphatic carbocycles. The van der Waals surface area contributed by atoms with E-state index in [1.807, 2.05) is 0 Å². The first kappa shape index (κ1) is 41.3. The Bertz CT molecular complexity index is 538. The van der Waals surface area contributed by atoms with Gasteiger partial charge < -0.3 is 0 Å². The Labute approximate surface area is 183 Å². The van der Waals surface area contributed by atoms with Crippen LogP contribution in [0.25, 0.3) is 0 Å². The van der Waals surface area contributed by atoms with Crippen LogP contribution in [0.5, 0.6) is 0 Å². The van der Waals surface area contributed by atoms with Gasteiger partial charge in [0.25, 0.3) is 0 Å². The van der Waals surface area contributed by atoms with Crippen LogP contribution in [0.2, 0.25) is 38.3 Å². The molecule has 0 aliphatic heterocycles. The molecule has 0 aromatic heterocycles. The molecule has 2 heteroatoms. The zero-order valence-corrected chi connectivity index (χ0v) is 17.4. The van der Waals surface area contributed by atoms with Crippen molar-refractivity contribution in [1.29, 1.82) is 0 Å². The van der Waals surface area contributed by atoms with Gasteiger partial charge in [0.1, 0.15) is 0 Å². The molecular weight excluding hydrogens is 368 g/mol. The summed E-state index contributed by atoms with van der Waals surface area (Å²) in [6.45, 7) is 16.6. The highest BCUT2D eigenvalue weighted by atomic mass is 28.3. The second-order valence-electron chi connectivity index (χ2n) is 7.86. The van der Waals surface area contributed by atoms with Crippen molar-refractivity contribution in [2.45, 2.75) is 96.7 Å². The Morgan fingerprint density at radius 2 is 0.786 bits per heavy atom. The first-order valence-electron chi connectivity index (χ1n) is 8.26. The lowest BCUT2D eigenvalue weighted by Crippen LogP contribution is -2.43. The number of benzene rings is 2. The molecule has 0 N–H and O–H groups in total. The topological polar surface area (TPSA) is 0 Å². The SMILES string of the molecule is C.C.C.C.C.C.CC(C)[Si](C)(C)c1ccccc1.C[Si](C)(C)c1ccccc1. The Morgan fingerprint density at radius 1 is 0.500 bits per heavy atom. The van der Waals surface area contributed by atoms with Gasteiger partial charge in [0.15, 0.2) is 0 Å². The number of hydrogen-bond donors (Lipinski definition) is 0. The van der Waals surface area contributed by atoms with E-state index in [4.69, 9.17) is 0 Å². The summed E-state index contributed by atoms with van der Waals surface area (Å²) in [5.74, 6) is 0. The van der Waals surface area contributed by atoms with Gasteiger partial charge in [-0.15, -0.1) is 0 Å². The molecule has 0 atom stereocenters. The maximum absolute atomic E-state index is 2.44. The Kier molecular flexibility index (Phi) is 26.5. The zero-order chi connectivity index (χ0) is 16.8. The van der Waals surface area contributed by atoms with Crippen LogP contribution in [0.15, 0.2) is 60.7 Å². The molecule has 0 saturated carbocycles. The maximum Gasteiger partial charge on any atom is 0.0831 e. The highest BCUT2D eigenvalue weighted by molar-refractivity contribution is 6.90. The average molecular weight is 425 g/mol. The molecule has 0 amide bonds. The minimum absolute atomic E-state index is 0. The summed E-state index contributed by atoms with van der Waals surface area (Å²) in [4.78, 5) is 0. The predicted octanol–water partition coefficient (Wildman–Crippen LogP) is 9.06. The minimum atomic E-state index is -1.16. The fraction of sp³-hybridized carbons (Fsp3) is 0.538. The van der Waals surface area contributed by atoms with Crippen LogP contribution in [0.4, 0.5) is 0 Å². The molecule has 0 spiro atoms. The van der Waals surface area contributed by atoms with Crippen molar-refractivity contribution in [3.05, 3.63) is 60.7 Å². The lowest BCUT2D eigenvalue weighted by molar-refractivity contribution is 1.02. The van der Waals surface area contributed by atoms with Crippen molar-refractivity contribution in [2.24, 2.45) is 0 Å². The van der Waals surface area contributed by atoms with E-state index in [2.05, 4.69) is 107 Å². The maximum atomic E-state index is 2.44. The van der Waals surface area contributed by atoms with Crippen molar-refractivity contribution >= 4 is 26.5 Å². The third kappa shape index (κ3) is 13.1. The standard InChI is InChI=1S/C11H18Si.C9H14Si.6CH4/c1-10(2)12(3,4)11-8-6-5-7-9-11;1-10(2,3)9-7-5-4-6-8-9;;;;;;/h5-10H,1-4H3;4-8H,1-3H3;6*1H4. The van der Waals surface area contributed by atoms with Crippen molar-refractivity contribution in [1.82, 2.24) is 0 Å². The zero-order valence-electron chi connectivity index (χ0n) is 15.4. The lowest BCUT2D eigenvalue weighted by atomic mass is 10.4. The lowest BCUT2D eigenvalue weighted by Gasteiger charge is -2.27. The van der Waals surface area contributed by atoms with Crippen LogP contribution in [-0.4, -0.2) is 16.1 Å². The van der Waals surface area contributed by atoms with Crippen molar-refractivity contribution in [2.75, 3.05) is 0 Å². The van der Waals surface area contributed by atoms with Crippen LogP contribution < -0.4 is 10.4 Å². The molecule has 0 bridgehead atoms. The van der Waals surface area contributed by atoms with Crippen LogP contribution in [-0.2, 0) is 0 Å². The van der Waals surface area contributed by atoms with Gasteiger partial charge in [-0.25, -0.2) is 0 Å². The molecule has 0 nitrogen and oxygen atoms in total. The summed E-state index contributed by atoms with van der Waals surface area (Å²) < 4.78 is 0. The first-order chi connectivity index (χ1) is 10.2. The molecule has 0 fully saturated rings. The van der Waals surface area contributed by atoms with Gasteiger partial charge in [-0.05, 0) is 5.54 Å². The highest BCUT2D eigenvalue weighted by Gasteiger charge is 2.26. The predicted molar refractivity (Wildman–Crippen MR) is 148 cm³/mol. The van der Waals surface area contributed by atoms with Gasteiger partial charge in [-0.1, -0.05) is 162 Å². The van der Waals surface area contributed by atoms with E-state index in [1.165, 1.54) is 5.19 Å². The summed E-state index contributed by atoms with van der Waals surface area (Å²) in [5, 5.41) is 3.11. The van der Waals surface area contributed by atoms with E-state index in [0.29, 0.717) is 0 Å². The molecular formula is C26H56Si2. The molecule has 0 aliphatic rings. The number of hydrogen-bond acceptors (Lipinski definition) is 0. The molecule has 2 aromatic carbocycles. The quantitative estimate of drug-likeness (QED) is 0.431. The van der Waals surface area contributed by atoms with Gasteiger partial charge in [0.2, 0.25) is 0 Å². The van der Waals surface area contributed by atoms with E-state index in [9.17, 15) is 0 Å². The largest absolute Gasteiger partial charge is 0.0831 e. The molecule has 0 heterocycles. The Balaban J connectivity index is -0.0000000718. The number of rotatable bonds is 3. The molecule has 0 saturated heterocycles. The van der Waals surface area contributed by atoms with E-state index < -0.39 is 16.1 Å². The fourth-order valence-electron chi connectivity index (χ4n) is 2.14. The molecule has 168 valence electrons. The first-order valence-corrected chi connectivity index (χ1v) is 14.8. The fourth-order valence-corrected chi connectivity index (χ4v) is 5.05. The van der Waals surface area contributed by atoms with Gasteiger partial charge in [-0.3, -0.25) is 0 Å². The second-order valence-corrected chi connectivity index (χ2v) is 18.1. The van der Waals surface area contributed by atoms with E-state index >= 15 is 0 Å². The minimum Gasteiger partial charge on any atom is -0.0776 e. The smallest absolute Gasteiger partial charge is 0.0776 e. The van der Waals surface area contributed by atoms with Crippen LogP contribution in [0.1, 0.15) is 58.4 Å². The van der Waals surface area contributed by atoms with Gasteiger partial charge >= 0.3 is 0 Å². The van der Waals surface area contributed by atoms with Gasteiger partial charge in [0, 0.05) is 0 Å². The molecule has 2 rings (SSSR count). The average Bonchev–Trinajstić information content (AvgIpc) is 2.49. The molecule has 28 heavy (non-hydrogen) atoms. The normalized spacial score (nSPS) is 9.29. The second kappa shape index (κ2) is 17.9. The summed E-state index contributed by atoms with van der Waals surface area (Å²) in [5.41, 5.74) is 0.819. The Hall–Kier alpha value is -1.13. The van der Waals surface area contributed by atoms with Crippen LogP contribution in [0, 0.1) is 0 Å². The summed E-state index contributed by atoms with van der Waals surface area (Å²) >= 11 is 0. The molecule has 2 aromatic rings. The van der Waals surface area contributed by atoms with E-state index in [1.54, 1.807) is 5.19 Å². The van der Waals surface area contributed by atoms with Crippen molar-refractivity contribution in [3.63, 3.8) is 0 Å². The highest BCUT2D eigenvalue weighted by Crippen LogP contribution is 2.19. The summed E-state index contributed by atoms with van der Waals surface area (Å²) in [6, 6.07) is 21.7. The summed E-state index contributed by atoms with van der Waals surface area (Å²) in [7, 11) is -2.19. The monoisotopic (exact) mass is 424 g/mol. The summed E-state index contributed by atoms with van der Waals surface area (Å²) in [6.07, 6.45) is 0. The van der Waals surface area contributed by atoms with Gasteiger partial charge in [0.05, 0.1) is 16.1 Å². The van der Waals surface area contributed by atoms with Crippen LogP contribution >= 0.6 is 0 Å². The van der Waals surface area contributed by atoms with Crippen molar-refractivity contribution < 1.29 is 0 Å². The van der Waals surface area contributed by atoms with Crippen molar-refractivity contribution in [3.8, 4) is 0 Å². The third-order valence-corrected chi connectivity index (χ3v) is 11.4. The molecule has 0 unspecified atom stereocenters. The Morgan fingerprint density at radius 3 is 1.00 bits per heavy atom. The third-order valence-electron chi connectivity index (χ3n) is 4.60. The van der Waals surface area contributed by atoms with E-state index in [-0.39, 0.29) is 44.6 Å². The molecule has 0 radical (unpaired) electrons.